The summed E-state index contributed by atoms with van der Waals surface area (Å²) in [5.74, 6) is 0.354. The summed E-state index contributed by atoms with van der Waals surface area (Å²) < 4.78 is 0. The number of phenolic OH excluding ortho intramolecular Hbond substituents is 1. The molecular weight excluding hydrogens is 222 g/mol. The minimum absolute atomic E-state index is 0.354. The molecule has 2 aromatic carbocycles. The summed E-state index contributed by atoms with van der Waals surface area (Å²) in [6, 6.07) is 9.87. The van der Waals surface area contributed by atoms with Crippen molar-refractivity contribution in [3.63, 3.8) is 0 Å². The Morgan fingerprint density at radius 2 is 1.61 bits per heavy atom. The maximum atomic E-state index is 9.86. The van der Waals surface area contributed by atoms with Gasteiger partial charge < -0.3 is 10.8 Å². The Balaban J connectivity index is 2.37. The molecule has 0 bridgehead atoms. The van der Waals surface area contributed by atoms with Gasteiger partial charge in [-0.25, -0.2) is 0 Å². The van der Waals surface area contributed by atoms with Gasteiger partial charge in [0.1, 0.15) is 5.75 Å². The van der Waals surface area contributed by atoms with E-state index >= 15 is 0 Å². The van der Waals surface area contributed by atoms with Gasteiger partial charge in [0.15, 0.2) is 0 Å². The fourth-order valence-electron chi connectivity index (χ4n) is 2.24. The van der Waals surface area contributed by atoms with Gasteiger partial charge >= 0.3 is 0 Å². The van der Waals surface area contributed by atoms with Gasteiger partial charge in [-0.15, -0.1) is 0 Å². The average Bonchev–Trinajstić information content (AvgIpc) is 2.31. The number of aryl methyl sites for hydroxylation is 3. The monoisotopic (exact) mass is 241 g/mol. The molecule has 2 rings (SSSR count). The predicted molar refractivity (Wildman–Crippen MR) is 76.0 cm³/mol. The first kappa shape index (κ1) is 12.5. The van der Waals surface area contributed by atoms with Gasteiger partial charge in [-0.3, -0.25) is 0 Å². The molecule has 0 aliphatic carbocycles. The second kappa shape index (κ2) is 4.73. The Bertz CT molecular complexity index is 565. The molecule has 94 valence electrons. The number of hydrogen-bond donors (Lipinski definition) is 2. The highest BCUT2D eigenvalue weighted by molar-refractivity contribution is 5.55. The number of nitrogens with two attached hydrogens (primary N) is 1. The SMILES string of the molecule is Cc1ccc(O)c(Cc2cc(C)c(N)c(C)c2)c1. The Labute approximate surface area is 108 Å². The van der Waals surface area contributed by atoms with Crippen LogP contribution in [0, 0.1) is 20.8 Å². The second-order valence-corrected chi connectivity index (χ2v) is 4.95. The van der Waals surface area contributed by atoms with Gasteiger partial charge in [0.25, 0.3) is 0 Å². The second-order valence-electron chi connectivity index (χ2n) is 4.95. The fraction of sp³-hybridized carbons (Fsp3) is 0.250. The smallest absolute Gasteiger partial charge is 0.119 e. The summed E-state index contributed by atoms with van der Waals surface area (Å²) in [4.78, 5) is 0. The number of aromatic hydroxyl groups is 1. The van der Waals surface area contributed by atoms with Crippen molar-refractivity contribution in [1.29, 1.82) is 0 Å². The molecule has 0 saturated carbocycles. The summed E-state index contributed by atoms with van der Waals surface area (Å²) in [5.41, 5.74) is 12.3. The normalized spacial score (nSPS) is 10.6. The highest BCUT2D eigenvalue weighted by Gasteiger charge is 2.06. The number of benzene rings is 2. The minimum Gasteiger partial charge on any atom is -0.508 e. The minimum atomic E-state index is 0.354. The summed E-state index contributed by atoms with van der Waals surface area (Å²) in [7, 11) is 0. The molecule has 0 aromatic heterocycles. The average molecular weight is 241 g/mol. The van der Waals surface area contributed by atoms with E-state index in [9.17, 15) is 5.11 Å². The van der Waals surface area contributed by atoms with Crippen molar-refractivity contribution < 1.29 is 5.11 Å². The molecule has 0 aliphatic heterocycles. The zero-order chi connectivity index (χ0) is 13.3. The standard InChI is InChI=1S/C16H19NO/c1-10-4-5-15(18)14(6-10)9-13-7-11(2)16(17)12(3)8-13/h4-8,18H,9,17H2,1-3H3. The van der Waals surface area contributed by atoms with Crippen molar-refractivity contribution in [3.05, 3.63) is 58.1 Å². The molecule has 0 fully saturated rings. The van der Waals surface area contributed by atoms with Crippen LogP contribution in [0.1, 0.15) is 27.8 Å². The lowest BCUT2D eigenvalue weighted by molar-refractivity contribution is 0.469. The molecule has 0 aliphatic rings. The molecule has 18 heavy (non-hydrogen) atoms. The van der Waals surface area contributed by atoms with Crippen LogP contribution in [-0.4, -0.2) is 5.11 Å². The summed E-state index contributed by atoms with van der Waals surface area (Å²) in [6.07, 6.45) is 0.732. The van der Waals surface area contributed by atoms with Crippen LogP contribution in [0.25, 0.3) is 0 Å². The van der Waals surface area contributed by atoms with Crippen molar-refractivity contribution in [2.75, 3.05) is 5.73 Å². The lowest BCUT2D eigenvalue weighted by atomic mass is 9.98. The topological polar surface area (TPSA) is 46.2 Å². The number of nitrogen functional groups attached to an aromatic ring is 1. The zero-order valence-electron chi connectivity index (χ0n) is 11.1. The van der Waals surface area contributed by atoms with Crippen LogP contribution >= 0.6 is 0 Å². The first-order chi connectivity index (χ1) is 8.47. The number of hydrogen-bond acceptors (Lipinski definition) is 2. The molecular formula is C16H19NO. The van der Waals surface area contributed by atoms with Crippen molar-refractivity contribution in [1.82, 2.24) is 0 Å². The first-order valence-corrected chi connectivity index (χ1v) is 6.11. The van der Waals surface area contributed by atoms with Gasteiger partial charge in [-0.1, -0.05) is 29.8 Å². The van der Waals surface area contributed by atoms with E-state index in [1.165, 1.54) is 5.56 Å². The van der Waals surface area contributed by atoms with Gasteiger partial charge in [-0.05, 0) is 49.1 Å². The van der Waals surface area contributed by atoms with E-state index in [1.54, 1.807) is 6.07 Å². The van der Waals surface area contributed by atoms with Crippen LogP contribution in [-0.2, 0) is 6.42 Å². The van der Waals surface area contributed by atoms with Crippen molar-refractivity contribution in [2.45, 2.75) is 27.2 Å². The van der Waals surface area contributed by atoms with E-state index in [-0.39, 0.29) is 0 Å². The number of phenols is 1. The molecule has 2 aromatic rings. The quantitative estimate of drug-likeness (QED) is 0.791. The molecule has 0 saturated heterocycles. The van der Waals surface area contributed by atoms with E-state index in [4.69, 9.17) is 5.73 Å². The largest absolute Gasteiger partial charge is 0.508 e. The Kier molecular flexibility index (Phi) is 3.28. The van der Waals surface area contributed by atoms with Crippen LogP contribution in [0.15, 0.2) is 30.3 Å². The number of anilines is 1. The molecule has 0 radical (unpaired) electrons. The molecule has 0 unspecified atom stereocenters. The first-order valence-electron chi connectivity index (χ1n) is 6.11. The Hall–Kier alpha value is -1.96. The lowest BCUT2D eigenvalue weighted by Gasteiger charge is -2.10. The molecule has 0 amide bonds. The van der Waals surface area contributed by atoms with Gasteiger partial charge in [-0.2, -0.15) is 0 Å². The molecule has 0 heterocycles. The third-order valence-electron chi connectivity index (χ3n) is 3.28. The third kappa shape index (κ3) is 2.48. The number of rotatable bonds is 2. The third-order valence-corrected chi connectivity index (χ3v) is 3.28. The summed E-state index contributed by atoms with van der Waals surface area (Å²) in [6.45, 7) is 6.06. The summed E-state index contributed by atoms with van der Waals surface area (Å²) in [5, 5.41) is 9.86. The Morgan fingerprint density at radius 1 is 1.00 bits per heavy atom. The van der Waals surface area contributed by atoms with Crippen LogP contribution in [0.3, 0.4) is 0 Å². The van der Waals surface area contributed by atoms with Crippen LogP contribution in [0.5, 0.6) is 5.75 Å². The molecule has 2 heteroatoms. The molecule has 2 nitrogen and oxygen atoms in total. The lowest BCUT2D eigenvalue weighted by Crippen LogP contribution is -1.97. The van der Waals surface area contributed by atoms with Gasteiger partial charge in [0.05, 0.1) is 0 Å². The van der Waals surface area contributed by atoms with Crippen molar-refractivity contribution in [3.8, 4) is 5.75 Å². The molecule has 3 N–H and O–H groups in total. The maximum Gasteiger partial charge on any atom is 0.119 e. The van der Waals surface area contributed by atoms with Crippen LogP contribution in [0.2, 0.25) is 0 Å². The Morgan fingerprint density at radius 3 is 2.22 bits per heavy atom. The highest BCUT2D eigenvalue weighted by Crippen LogP contribution is 2.25. The van der Waals surface area contributed by atoms with Crippen molar-refractivity contribution in [2.24, 2.45) is 0 Å². The van der Waals surface area contributed by atoms with E-state index in [0.717, 1.165) is 34.4 Å². The highest BCUT2D eigenvalue weighted by atomic mass is 16.3. The van der Waals surface area contributed by atoms with Crippen LogP contribution < -0.4 is 5.73 Å². The molecule has 0 atom stereocenters. The van der Waals surface area contributed by atoms with E-state index in [0.29, 0.717) is 5.75 Å². The van der Waals surface area contributed by atoms with Gasteiger partial charge in [0.2, 0.25) is 0 Å². The van der Waals surface area contributed by atoms with E-state index in [2.05, 4.69) is 12.1 Å². The van der Waals surface area contributed by atoms with Gasteiger partial charge in [0, 0.05) is 12.1 Å². The van der Waals surface area contributed by atoms with Crippen LogP contribution in [0.4, 0.5) is 5.69 Å². The van der Waals surface area contributed by atoms with E-state index in [1.807, 2.05) is 32.9 Å². The molecule has 0 spiro atoms. The predicted octanol–water partition coefficient (Wildman–Crippen LogP) is 3.49. The van der Waals surface area contributed by atoms with E-state index < -0.39 is 0 Å². The maximum absolute atomic E-state index is 9.86. The fourth-order valence-corrected chi connectivity index (χ4v) is 2.24. The summed E-state index contributed by atoms with van der Waals surface area (Å²) >= 11 is 0. The van der Waals surface area contributed by atoms with Crippen molar-refractivity contribution >= 4 is 5.69 Å². The zero-order valence-corrected chi connectivity index (χ0v) is 11.1.